The molecule has 0 amide bonds. The highest BCUT2D eigenvalue weighted by Crippen LogP contribution is 2.35. The molecule has 2 unspecified atom stereocenters. The van der Waals surface area contributed by atoms with Gasteiger partial charge in [0.25, 0.3) is 0 Å². The van der Waals surface area contributed by atoms with Crippen molar-refractivity contribution in [3.8, 4) is 11.5 Å². The van der Waals surface area contributed by atoms with Crippen molar-refractivity contribution in [2.45, 2.75) is 45.3 Å². The minimum absolute atomic E-state index is 0.190. The third kappa shape index (κ3) is 3.08. The van der Waals surface area contributed by atoms with Gasteiger partial charge in [-0.25, -0.2) is 0 Å². The van der Waals surface area contributed by atoms with Gasteiger partial charge in [-0.1, -0.05) is 6.07 Å². The Labute approximate surface area is 133 Å². The van der Waals surface area contributed by atoms with Gasteiger partial charge in [-0.3, -0.25) is 4.90 Å². The molecule has 1 N–H and O–H groups in total. The molecule has 2 bridgehead atoms. The number of piperidine rings is 3. The van der Waals surface area contributed by atoms with Crippen LogP contribution in [0.3, 0.4) is 0 Å². The van der Waals surface area contributed by atoms with E-state index in [-0.39, 0.29) is 12.1 Å². The first kappa shape index (κ1) is 15.6. The fourth-order valence-electron chi connectivity index (χ4n) is 3.84. The average Bonchev–Trinajstić information content (AvgIpc) is 2.54. The molecule has 3 heterocycles. The van der Waals surface area contributed by atoms with Gasteiger partial charge in [0.15, 0.2) is 11.5 Å². The van der Waals surface area contributed by atoms with Crippen molar-refractivity contribution < 1.29 is 14.6 Å². The largest absolute Gasteiger partial charge is 0.490 e. The SMILES string of the molecule is CCOc1ccc(CC2C(O)C3CCN2CC3)cc1OCC. The minimum Gasteiger partial charge on any atom is -0.490 e. The van der Waals surface area contributed by atoms with E-state index in [1.54, 1.807) is 0 Å². The Kier molecular flexibility index (Phi) is 4.89. The second-order valence-electron chi connectivity index (χ2n) is 6.28. The van der Waals surface area contributed by atoms with Gasteiger partial charge in [0.1, 0.15) is 0 Å². The molecule has 1 aromatic carbocycles. The smallest absolute Gasteiger partial charge is 0.161 e. The maximum absolute atomic E-state index is 10.5. The lowest BCUT2D eigenvalue weighted by Gasteiger charge is -2.49. The molecule has 3 fully saturated rings. The van der Waals surface area contributed by atoms with Crippen LogP contribution in [0.2, 0.25) is 0 Å². The Bertz CT molecular complexity index is 495. The molecular formula is C18H27NO3. The van der Waals surface area contributed by atoms with Gasteiger partial charge < -0.3 is 14.6 Å². The molecule has 2 atom stereocenters. The third-order valence-corrected chi connectivity index (χ3v) is 4.97. The van der Waals surface area contributed by atoms with E-state index < -0.39 is 0 Å². The van der Waals surface area contributed by atoms with Crippen molar-refractivity contribution in [3.63, 3.8) is 0 Å². The van der Waals surface area contributed by atoms with Crippen LogP contribution in [0.25, 0.3) is 0 Å². The van der Waals surface area contributed by atoms with E-state index in [1.807, 2.05) is 19.9 Å². The van der Waals surface area contributed by atoms with E-state index in [1.165, 1.54) is 5.56 Å². The van der Waals surface area contributed by atoms with Crippen LogP contribution < -0.4 is 9.47 Å². The van der Waals surface area contributed by atoms with Gasteiger partial charge in [-0.15, -0.1) is 0 Å². The molecule has 0 aromatic heterocycles. The Hall–Kier alpha value is -1.26. The van der Waals surface area contributed by atoms with E-state index in [2.05, 4.69) is 17.0 Å². The molecule has 3 saturated heterocycles. The molecule has 1 aromatic rings. The summed E-state index contributed by atoms with van der Waals surface area (Å²) < 4.78 is 11.3. The normalized spacial score (nSPS) is 30.3. The maximum Gasteiger partial charge on any atom is 0.161 e. The molecule has 4 nitrogen and oxygen atoms in total. The zero-order valence-electron chi connectivity index (χ0n) is 13.6. The minimum atomic E-state index is -0.190. The highest BCUT2D eigenvalue weighted by Gasteiger charge is 2.40. The predicted octanol–water partition coefficient (Wildman–Crippen LogP) is 2.48. The van der Waals surface area contributed by atoms with Crippen LogP contribution in [0, 0.1) is 5.92 Å². The number of aliphatic hydroxyl groups is 1. The summed E-state index contributed by atoms with van der Waals surface area (Å²) in [5, 5.41) is 10.5. The van der Waals surface area contributed by atoms with Crippen molar-refractivity contribution >= 4 is 0 Å². The lowest BCUT2D eigenvalue weighted by molar-refractivity contribution is -0.0715. The average molecular weight is 305 g/mol. The van der Waals surface area contributed by atoms with Crippen LogP contribution >= 0.6 is 0 Å². The summed E-state index contributed by atoms with van der Waals surface area (Å²) >= 11 is 0. The van der Waals surface area contributed by atoms with Crippen molar-refractivity contribution in [1.29, 1.82) is 0 Å². The Balaban J connectivity index is 1.75. The lowest BCUT2D eigenvalue weighted by atomic mass is 9.78. The second kappa shape index (κ2) is 6.88. The highest BCUT2D eigenvalue weighted by molar-refractivity contribution is 5.43. The monoisotopic (exact) mass is 305 g/mol. The number of fused-ring (bicyclic) bond motifs is 3. The Morgan fingerprint density at radius 3 is 2.41 bits per heavy atom. The van der Waals surface area contributed by atoms with Crippen molar-refractivity contribution in [1.82, 2.24) is 4.90 Å². The van der Waals surface area contributed by atoms with Crippen molar-refractivity contribution in [3.05, 3.63) is 23.8 Å². The van der Waals surface area contributed by atoms with Gasteiger partial charge in [-0.2, -0.15) is 0 Å². The standard InChI is InChI=1S/C18H27NO3/c1-3-21-16-6-5-13(12-17(16)22-4-2)11-15-18(20)14-7-9-19(15)10-8-14/h5-6,12,14-15,18,20H,3-4,7-11H2,1-2H3. The molecule has 0 saturated carbocycles. The first-order chi connectivity index (χ1) is 10.7. The predicted molar refractivity (Wildman–Crippen MR) is 86.6 cm³/mol. The lowest BCUT2D eigenvalue weighted by Crippen LogP contribution is -2.58. The van der Waals surface area contributed by atoms with Crippen LogP contribution in [0.1, 0.15) is 32.3 Å². The molecule has 3 aliphatic heterocycles. The first-order valence-corrected chi connectivity index (χ1v) is 8.53. The fraction of sp³-hybridized carbons (Fsp3) is 0.667. The van der Waals surface area contributed by atoms with E-state index >= 15 is 0 Å². The summed E-state index contributed by atoms with van der Waals surface area (Å²) in [4.78, 5) is 2.45. The molecule has 22 heavy (non-hydrogen) atoms. The third-order valence-electron chi connectivity index (χ3n) is 4.97. The molecule has 122 valence electrons. The summed E-state index contributed by atoms with van der Waals surface area (Å²) in [6.07, 6.45) is 2.98. The van der Waals surface area contributed by atoms with Crippen molar-refractivity contribution in [2.75, 3.05) is 26.3 Å². The van der Waals surface area contributed by atoms with Crippen LogP contribution in [0.4, 0.5) is 0 Å². The summed E-state index contributed by atoms with van der Waals surface area (Å²) in [7, 11) is 0. The van der Waals surface area contributed by atoms with Crippen LogP contribution in [0.5, 0.6) is 11.5 Å². The van der Waals surface area contributed by atoms with Crippen molar-refractivity contribution in [2.24, 2.45) is 5.92 Å². The van der Waals surface area contributed by atoms with E-state index in [0.717, 1.165) is 43.9 Å². The van der Waals surface area contributed by atoms with Gasteiger partial charge in [0, 0.05) is 6.04 Å². The summed E-state index contributed by atoms with van der Waals surface area (Å²) in [5.74, 6) is 2.11. The molecule has 3 aliphatic rings. The number of benzene rings is 1. The summed E-state index contributed by atoms with van der Waals surface area (Å²) in [6.45, 7) is 7.48. The molecular weight excluding hydrogens is 278 g/mol. The molecule has 0 aliphatic carbocycles. The molecule has 4 rings (SSSR count). The van der Waals surface area contributed by atoms with E-state index in [9.17, 15) is 5.11 Å². The van der Waals surface area contributed by atoms with Gasteiger partial charge in [0.2, 0.25) is 0 Å². The van der Waals surface area contributed by atoms with Gasteiger partial charge in [0.05, 0.1) is 19.3 Å². The summed E-state index contributed by atoms with van der Waals surface area (Å²) in [5.41, 5.74) is 1.21. The topological polar surface area (TPSA) is 41.9 Å². The molecule has 0 radical (unpaired) electrons. The highest BCUT2D eigenvalue weighted by atomic mass is 16.5. The van der Waals surface area contributed by atoms with E-state index in [4.69, 9.17) is 9.47 Å². The second-order valence-corrected chi connectivity index (χ2v) is 6.28. The van der Waals surface area contributed by atoms with Crippen LogP contribution in [0.15, 0.2) is 18.2 Å². The number of rotatable bonds is 6. The van der Waals surface area contributed by atoms with Gasteiger partial charge >= 0.3 is 0 Å². The zero-order chi connectivity index (χ0) is 15.5. The molecule has 4 heteroatoms. The van der Waals surface area contributed by atoms with Crippen LogP contribution in [-0.4, -0.2) is 48.5 Å². The number of hydrogen-bond acceptors (Lipinski definition) is 4. The Morgan fingerprint density at radius 2 is 1.77 bits per heavy atom. The number of hydrogen-bond donors (Lipinski definition) is 1. The number of aliphatic hydroxyl groups excluding tert-OH is 1. The fourth-order valence-corrected chi connectivity index (χ4v) is 3.84. The van der Waals surface area contributed by atoms with Crippen LogP contribution in [-0.2, 0) is 6.42 Å². The number of ether oxygens (including phenoxy) is 2. The van der Waals surface area contributed by atoms with Gasteiger partial charge in [-0.05, 0) is 69.8 Å². The maximum atomic E-state index is 10.5. The molecule has 0 spiro atoms. The number of nitrogens with zero attached hydrogens (tertiary/aromatic N) is 1. The summed E-state index contributed by atoms with van der Waals surface area (Å²) in [6, 6.07) is 6.42. The quantitative estimate of drug-likeness (QED) is 0.877. The zero-order valence-corrected chi connectivity index (χ0v) is 13.6. The Morgan fingerprint density at radius 1 is 1.09 bits per heavy atom. The van der Waals surface area contributed by atoms with E-state index in [0.29, 0.717) is 19.1 Å². The first-order valence-electron chi connectivity index (χ1n) is 8.53.